The van der Waals surface area contributed by atoms with Gasteiger partial charge in [0.2, 0.25) is 0 Å². The number of hydrogen-bond acceptors (Lipinski definition) is 3. The third-order valence-corrected chi connectivity index (χ3v) is 2.88. The molecule has 0 saturated heterocycles. The van der Waals surface area contributed by atoms with Crippen LogP contribution < -0.4 is 20.1 Å². The summed E-state index contributed by atoms with van der Waals surface area (Å²) in [4.78, 5) is 3.86. The van der Waals surface area contributed by atoms with E-state index in [1.165, 1.54) is 7.05 Å². The monoisotopic (exact) mass is 333 g/mol. The largest absolute Gasteiger partial charge is 0.497 e. The zero-order valence-electron chi connectivity index (χ0n) is 13.4. The van der Waals surface area contributed by atoms with Crippen LogP contribution in [0.25, 0.3) is 0 Å². The van der Waals surface area contributed by atoms with Gasteiger partial charge in [0, 0.05) is 13.6 Å². The Labute approximate surface area is 133 Å². The quantitative estimate of drug-likeness (QED) is 0.595. The highest BCUT2D eigenvalue weighted by molar-refractivity contribution is 5.79. The molecule has 0 aliphatic heterocycles. The molecule has 2 N–H and O–H groups in total. The van der Waals surface area contributed by atoms with Crippen molar-refractivity contribution in [2.24, 2.45) is 4.99 Å². The fourth-order valence-corrected chi connectivity index (χ4v) is 1.71. The average Bonchev–Trinajstić information content (AvgIpc) is 2.50. The molecule has 8 heteroatoms. The van der Waals surface area contributed by atoms with Crippen molar-refractivity contribution in [1.29, 1.82) is 0 Å². The Balaban J connectivity index is 2.33. The minimum Gasteiger partial charge on any atom is -0.497 e. The number of aliphatic imine (C=N–C) groups is 1. The third-order valence-electron chi connectivity index (χ3n) is 2.88. The lowest BCUT2D eigenvalue weighted by Crippen LogP contribution is -2.42. The van der Waals surface area contributed by atoms with E-state index in [4.69, 9.17) is 9.47 Å². The first kappa shape index (κ1) is 18.9. The van der Waals surface area contributed by atoms with Crippen molar-refractivity contribution >= 4 is 5.96 Å². The maximum Gasteiger partial charge on any atom is 0.390 e. The number of methoxy groups -OCH3 is 1. The van der Waals surface area contributed by atoms with E-state index in [-0.39, 0.29) is 12.6 Å². The molecular formula is C15H22F3N3O2. The van der Waals surface area contributed by atoms with Crippen LogP contribution in [0.15, 0.2) is 29.3 Å². The summed E-state index contributed by atoms with van der Waals surface area (Å²) in [6.45, 7) is 2.02. The lowest BCUT2D eigenvalue weighted by molar-refractivity contribution is -0.132. The van der Waals surface area contributed by atoms with Gasteiger partial charge >= 0.3 is 6.18 Å². The van der Waals surface area contributed by atoms with Crippen LogP contribution in [0.5, 0.6) is 11.5 Å². The number of nitrogens with zero attached hydrogens (tertiary/aromatic N) is 1. The predicted octanol–water partition coefficient (Wildman–Crippen LogP) is 2.58. The Bertz CT molecular complexity index is 490. The Hall–Kier alpha value is -2.12. The van der Waals surface area contributed by atoms with E-state index < -0.39 is 12.6 Å². The number of alkyl halides is 3. The Kier molecular flexibility index (Phi) is 7.50. The Morgan fingerprint density at radius 1 is 1.17 bits per heavy atom. The van der Waals surface area contributed by atoms with E-state index in [9.17, 15) is 13.2 Å². The Morgan fingerprint density at radius 3 is 2.30 bits per heavy atom. The van der Waals surface area contributed by atoms with E-state index in [1.807, 2.05) is 6.92 Å². The summed E-state index contributed by atoms with van der Waals surface area (Å²) in [5, 5.41) is 5.53. The molecule has 0 fully saturated rings. The zero-order chi connectivity index (χ0) is 17.3. The molecule has 1 atom stereocenters. The SMILES string of the molecule is CN=C(NCCC(F)(F)F)NCC(C)Oc1ccc(OC)cc1. The second-order valence-corrected chi connectivity index (χ2v) is 4.85. The molecule has 0 amide bonds. The Morgan fingerprint density at radius 2 is 1.78 bits per heavy atom. The fraction of sp³-hybridized carbons (Fsp3) is 0.533. The number of rotatable bonds is 7. The molecule has 5 nitrogen and oxygen atoms in total. The summed E-state index contributed by atoms with van der Waals surface area (Å²) in [6.07, 6.45) is -5.29. The average molecular weight is 333 g/mol. The molecule has 23 heavy (non-hydrogen) atoms. The van der Waals surface area contributed by atoms with Crippen molar-refractivity contribution in [2.75, 3.05) is 27.2 Å². The summed E-state index contributed by atoms with van der Waals surface area (Å²) in [5.74, 6) is 1.72. The van der Waals surface area contributed by atoms with Gasteiger partial charge in [0.05, 0.1) is 20.1 Å². The van der Waals surface area contributed by atoms with Crippen molar-refractivity contribution in [1.82, 2.24) is 10.6 Å². The predicted molar refractivity (Wildman–Crippen MR) is 83.1 cm³/mol. The number of hydrogen-bond donors (Lipinski definition) is 2. The van der Waals surface area contributed by atoms with Gasteiger partial charge in [-0.15, -0.1) is 0 Å². The van der Waals surface area contributed by atoms with E-state index >= 15 is 0 Å². The van der Waals surface area contributed by atoms with Gasteiger partial charge in [0.1, 0.15) is 17.6 Å². The van der Waals surface area contributed by atoms with Gasteiger partial charge in [0.15, 0.2) is 5.96 Å². The minimum atomic E-state index is -4.18. The standard InChI is InChI=1S/C15H22F3N3O2/c1-11(23-13-6-4-12(22-3)5-7-13)10-21-14(19-2)20-9-8-15(16,17)18/h4-7,11H,8-10H2,1-3H3,(H2,19,20,21). The molecule has 1 aromatic rings. The molecule has 0 heterocycles. The van der Waals surface area contributed by atoms with Gasteiger partial charge in [0.25, 0.3) is 0 Å². The number of halogens is 3. The van der Waals surface area contributed by atoms with E-state index in [1.54, 1.807) is 31.4 Å². The summed E-state index contributed by atoms with van der Waals surface area (Å²) in [6, 6.07) is 7.14. The van der Waals surface area contributed by atoms with Gasteiger partial charge in [-0.25, -0.2) is 0 Å². The summed E-state index contributed by atoms with van der Waals surface area (Å²) >= 11 is 0. The topological polar surface area (TPSA) is 54.9 Å². The van der Waals surface area contributed by atoms with Gasteiger partial charge in [-0.2, -0.15) is 13.2 Å². The van der Waals surface area contributed by atoms with E-state index in [0.717, 1.165) is 5.75 Å². The molecule has 0 aliphatic carbocycles. The first-order valence-corrected chi connectivity index (χ1v) is 7.16. The molecule has 0 radical (unpaired) electrons. The number of nitrogens with one attached hydrogen (secondary N) is 2. The first-order valence-electron chi connectivity index (χ1n) is 7.16. The zero-order valence-corrected chi connectivity index (χ0v) is 13.4. The van der Waals surface area contributed by atoms with E-state index in [0.29, 0.717) is 18.3 Å². The van der Waals surface area contributed by atoms with Crippen LogP contribution in [0.3, 0.4) is 0 Å². The van der Waals surface area contributed by atoms with Crippen molar-refractivity contribution < 1.29 is 22.6 Å². The van der Waals surface area contributed by atoms with Crippen LogP contribution >= 0.6 is 0 Å². The van der Waals surface area contributed by atoms with Crippen LogP contribution in [-0.2, 0) is 0 Å². The van der Waals surface area contributed by atoms with Crippen molar-refractivity contribution in [2.45, 2.75) is 25.6 Å². The van der Waals surface area contributed by atoms with Crippen molar-refractivity contribution in [3.8, 4) is 11.5 Å². The summed E-state index contributed by atoms with van der Waals surface area (Å²) in [5.41, 5.74) is 0. The van der Waals surface area contributed by atoms with Crippen LogP contribution in [0.2, 0.25) is 0 Å². The highest BCUT2D eigenvalue weighted by atomic mass is 19.4. The highest BCUT2D eigenvalue weighted by Crippen LogP contribution is 2.18. The molecule has 0 aliphatic rings. The first-order chi connectivity index (χ1) is 10.8. The second kappa shape index (κ2) is 9.12. The fourth-order valence-electron chi connectivity index (χ4n) is 1.71. The van der Waals surface area contributed by atoms with Gasteiger partial charge in [-0.3, -0.25) is 4.99 Å². The number of ether oxygens (including phenoxy) is 2. The molecule has 0 spiro atoms. The van der Waals surface area contributed by atoms with E-state index in [2.05, 4.69) is 15.6 Å². The molecule has 1 unspecified atom stereocenters. The van der Waals surface area contributed by atoms with Gasteiger partial charge in [-0.05, 0) is 31.2 Å². The molecule has 0 bridgehead atoms. The van der Waals surface area contributed by atoms with Crippen LogP contribution in [0.4, 0.5) is 13.2 Å². The molecule has 0 saturated carbocycles. The second-order valence-electron chi connectivity index (χ2n) is 4.85. The number of benzene rings is 1. The van der Waals surface area contributed by atoms with Crippen LogP contribution in [0.1, 0.15) is 13.3 Å². The summed E-state index contributed by atoms with van der Waals surface area (Å²) in [7, 11) is 3.08. The van der Waals surface area contributed by atoms with Crippen LogP contribution in [0, 0.1) is 0 Å². The van der Waals surface area contributed by atoms with Gasteiger partial charge in [-0.1, -0.05) is 0 Å². The molecule has 1 rings (SSSR count). The van der Waals surface area contributed by atoms with Crippen LogP contribution in [-0.4, -0.2) is 45.5 Å². The molecule has 1 aromatic carbocycles. The van der Waals surface area contributed by atoms with Crippen molar-refractivity contribution in [3.05, 3.63) is 24.3 Å². The lowest BCUT2D eigenvalue weighted by atomic mass is 10.3. The maximum atomic E-state index is 12.1. The summed E-state index contributed by atoms with van der Waals surface area (Å²) < 4.78 is 47.0. The van der Waals surface area contributed by atoms with Gasteiger partial charge < -0.3 is 20.1 Å². The van der Waals surface area contributed by atoms with Crippen molar-refractivity contribution in [3.63, 3.8) is 0 Å². The molecule has 130 valence electrons. The highest BCUT2D eigenvalue weighted by Gasteiger charge is 2.26. The smallest absolute Gasteiger partial charge is 0.390 e. The lowest BCUT2D eigenvalue weighted by Gasteiger charge is -2.18. The normalized spacial score (nSPS) is 13.4. The molecular weight excluding hydrogens is 311 g/mol. The third kappa shape index (κ3) is 8.18. The molecule has 0 aromatic heterocycles. The minimum absolute atomic E-state index is 0.190. The number of guanidine groups is 1. The maximum absolute atomic E-state index is 12.1.